The zero-order chi connectivity index (χ0) is 11.4. The number of aromatic amines is 1. The van der Waals surface area contributed by atoms with Crippen molar-refractivity contribution >= 4 is 5.97 Å². The topological polar surface area (TPSA) is 55.0 Å². The van der Waals surface area contributed by atoms with Crippen LogP contribution in [0.5, 0.6) is 0 Å². The second-order valence-corrected chi connectivity index (χ2v) is 3.68. The SMILES string of the molecule is CCOC(=O)c1nc(C(C)C)[nH]c1CC. The smallest absolute Gasteiger partial charge is 0.358 e. The van der Waals surface area contributed by atoms with Gasteiger partial charge in [-0.05, 0) is 13.3 Å². The van der Waals surface area contributed by atoms with Crippen molar-refractivity contribution in [3.8, 4) is 0 Å². The summed E-state index contributed by atoms with van der Waals surface area (Å²) in [6.45, 7) is 8.23. The third kappa shape index (κ3) is 2.58. The number of nitrogens with one attached hydrogen (secondary N) is 1. The standard InChI is InChI=1S/C11H18N2O2/c1-5-8-9(11(14)15-6-2)13-10(12-8)7(3)4/h7H,5-6H2,1-4H3,(H,12,13). The molecule has 4 heteroatoms. The first kappa shape index (κ1) is 11.8. The van der Waals surface area contributed by atoms with Gasteiger partial charge < -0.3 is 9.72 Å². The lowest BCUT2D eigenvalue weighted by Crippen LogP contribution is -2.07. The first-order valence-corrected chi connectivity index (χ1v) is 5.36. The molecule has 0 saturated heterocycles. The van der Waals surface area contributed by atoms with Gasteiger partial charge in [-0.3, -0.25) is 0 Å². The van der Waals surface area contributed by atoms with Gasteiger partial charge in [0.25, 0.3) is 0 Å². The molecule has 1 N–H and O–H groups in total. The molecule has 4 nitrogen and oxygen atoms in total. The van der Waals surface area contributed by atoms with E-state index in [2.05, 4.69) is 9.97 Å². The summed E-state index contributed by atoms with van der Waals surface area (Å²) < 4.78 is 4.94. The van der Waals surface area contributed by atoms with Crippen molar-refractivity contribution in [1.29, 1.82) is 0 Å². The van der Waals surface area contributed by atoms with Crippen LogP contribution in [0.2, 0.25) is 0 Å². The van der Waals surface area contributed by atoms with Crippen molar-refractivity contribution in [3.05, 3.63) is 17.2 Å². The highest BCUT2D eigenvalue weighted by atomic mass is 16.5. The van der Waals surface area contributed by atoms with Crippen molar-refractivity contribution in [2.75, 3.05) is 6.61 Å². The molecule has 0 fully saturated rings. The lowest BCUT2D eigenvalue weighted by Gasteiger charge is -1.99. The Kier molecular flexibility index (Phi) is 3.88. The molecule has 0 aromatic carbocycles. The lowest BCUT2D eigenvalue weighted by molar-refractivity contribution is 0.0518. The van der Waals surface area contributed by atoms with Crippen molar-refractivity contribution in [2.24, 2.45) is 0 Å². The fraction of sp³-hybridized carbons (Fsp3) is 0.636. The average molecular weight is 210 g/mol. The second kappa shape index (κ2) is 4.96. The van der Waals surface area contributed by atoms with Crippen molar-refractivity contribution in [1.82, 2.24) is 9.97 Å². The molecule has 0 spiro atoms. The van der Waals surface area contributed by atoms with Crippen molar-refractivity contribution in [2.45, 2.75) is 40.0 Å². The minimum absolute atomic E-state index is 0.290. The highest BCUT2D eigenvalue weighted by Gasteiger charge is 2.18. The van der Waals surface area contributed by atoms with E-state index in [0.717, 1.165) is 17.9 Å². The Hall–Kier alpha value is -1.32. The molecular weight excluding hydrogens is 192 g/mol. The Morgan fingerprint density at radius 3 is 2.60 bits per heavy atom. The van der Waals surface area contributed by atoms with Gasteiger partial charge in [-0.15, -0.1) is 0 Å². The van der Waals surface area contributed by atoms with E-state index in [9.17, 15) is 4.79 Å². The summed E-state index contributed by atoms with van der Waals surface area (Å²) in [6.07, 6.45) is 0.758. The molecule has 15 heavy (non-hydrogen) atoms. The maximum absolute atomic E-state index is 11.6. The van der Waals surface area contributed by atoms with Gasteiger partial charge in [0.05, 0.1) is 6.61 Å². The summed E-state index contributed by atoms with van der Waals surface area (Å²) in [6, 6.07) is 0. The van der Waals surface area contributed by atoms with Crippen LogP contribution >= 0.6 is 0 Å². The molecule has 1 heterocycles. The molecule has 84 valence electrons. The van der Waals surface area contributed by atoms with E-state index < -0.39 is 0 Å². The van der Waals surface area contributed by atoms with Crippen LogP contribution in [0.1, 0.15) is 55.6 Å². The number of esters is 1. The van der Waals surface area contributed by atoms with Crippen LogP contribution in [0, 0.1) is 0 Å². The molecule has 0 aliphatic rings. The largest absolute Gasteiger partial charge is 0.461 e. The third-order valence-corrected chi connectivity index (χ3v) is 2.17. The van der Waals surface area contributed by atoms with Crippen LogP contribution in [0.25, 0.3) is 0 Å². The van der Waals surface area contributed by atoms with Crippen LogP contribution in [-0.2, 0) is 11.2 Å². The number of carbonyl (C=O) groups is 1. The van der Waals surface area contributed by atoms with E-state index in [1.807, 2.05) is 20.8 Å². The highest BCUT2D eigenvalue weighted by molar-refractivity contribution is 5.88. The third-order valence-electron chi connectivity index (χ3n) is 2.17. The fourth-order valence-electron chi connectivity index (χ4n) is 1.33. The van der Waals surface area contributed by atoms with Crippen LogP contribution < -0.4 is 0 Å². The van der Waals surface area contributed by atoms with E-state index in [1.165, 1.54) is 0 Å². The molecule has 0 saturated carbocycles. The van der Waals surface area contributed by atoms with Gasteiger partial charge in [0.2, 0.25) is 0 Å². The molecule has 0 radical (unpaired) electrons. The van der Waals surface area contributed by atoms with Gasteiger partial charge >= 0.3 is 5.97 Å². The molecule has 0 unspecified atom stereocenters. The number of aryl methyl sites for hydroxylation is 1. The van der Waals surface area contributed by atoms with Crippen LogP contribution in [-0.4, -0.2) is 22.5 Å². The Morgan fingerprint density at radius 1 is 1.47 bits per heavy atom. The minimum atomic E-state index is -0.336. The first-order chi connectivity index (χ1) is 7.10. The quantitative estimate of drug-likeness (QED) is 0.775. The molecule has 1 aromatic heterocycles. The summed E-state index contributed by atoms with van der Waals surface area (Å²) in [7, 11) is 0. The number of aromatic nitrogens is 2. The number of nitrogens with zero attached hydrogens (tertiary/aromatic N) is 1. The summed E-state index contributed by atoms with van der Waals surface area (Å²) in [5, 5.41) is 0. The van der Waals surface area contributed by atoms with Gasteiger partial charge in [-0.2, -0.15) is 0 Å². The summed E-state index contributed by atoms with van der Waals surface area (Å²) >= 11 is 0. The second-order valence-electron chi connectivity index (χ2n) is 3.68. The van der Waals surface area contributed by atoms with Crippen molar-refractivity contribution < 1.29 is 9.53 Å². The van der Waals surface area contributed by atoms with Gasteiger partial charge in [0.15, 0.2) is 5.69 Å². The lowest BCUT2D eigenvalue weighted by atomic mass is 10.2. The van der Waals surface area contributed by atoms with E-state index in [-0.39, 0.29) is 5.97 Å². The van der Waals surface area contributed by atoms with E-state index in [4.69, 9.17) is 4.74 Å². The van der Waals surface area contributed by atoms with Gasteiger partial charge in [-0.1, -0.05) is 20.8 Å². The zero-order valence-corrected chi connectivity index (χ0v) is 9.76. The molecule has 0 bridgehead atoms. The number of carbonyl (C=O) groups excluding carboxylic acids is 1. The normalized spacial score (nSPS) is 10.7. The monoisotopic (exact) mass is 210 g/mol. The summed E-state index contributed by atoms with van der Waals surface area (Å²) in [4.78, 5) is 19.0. The molecule has 1 rings (SSSR count). The van der Waals surface area contributed by atoms with Gasteiger partial charge in [-0.25, -0.2) is 9.78 Å². The minimum Gasteiger partial charge on any atom is -0.461 e. The summed E-state index contributed by atoms with van der Waals surface area (Å²) in [5.41, 5.74) is 1.29. The van der Waals surface area contributed by atoms with E-state index in [1.54, 1.807) is 6.92 Å². The number of hydrogen-bond donors (Lipinski definition) is 1. The number of rotatable bonds is 4. The number of hydrogen-bond acceptors (Lipinski definition) is 3. The van der Waals surface area contributed by atoms with E-state index in [0.29, 0.717) is 18.2 Å². The zero-order valence-electron chi connectivity index (χ0n) is 9.76. The molecular formula is C11H18N2O2. The molecule has 0 aliphatic carbocycles. The first-order valence-electron chi connectivity index (χ1n) is 5.36. The van der Waals surface area contributed by atoms with E-state index >= 15 is 0 Å². The van der Waals surface area contributed by atoms with Crippen molar-refractivity contribution in [3.63, 3.8) is 0 Å². The molecule has 0 atom stereocenters. The predicted molar refractivity (Wildman–Crippen MR) is 58.0 cm³/mol. The predicted octanol–water partition coefficient (Wildman–Crippen LogP) is 2.27. The van der Waals surface area contributed by atoms with Crippen LogP contribution in [0.3, 0.4) is 0 Å². The summed E-state index contributed by atoms with van der Waals surface area (Å²) in [5.74, 6) is 0.797. The number of H-pyrrole nitrogens is 1. The Labute approximate surface area is 90.1 Å². The number of imidazole rings is 1. The Balaban J connectivity index is 3.00. The van der Waals surface area contributed by atoms with Gasteiger partial charge in [0.1, 0.15) is 5.82 Å². The van der Waals surface area contributed by atoms with Crippen LogP contribution in [0.4, 0.5) is 0 Å². The Morgan fingerprint density at radius 2 is 2.13 bits per heavy atom. The van der Waals surface area contributed by atoms with Gasteiger partial charge in [0, 0.05) is 11.6 Å². The number of ether oxygens (including phenoxy) is 1. The molecule has 0 amide bonds. The fourth-order valence-corrected chi connectivity index (χ4v) is 1.33. The average Bonchev–Trinajstić information content (AvgIpc) is 2.61. The van der Waals surface area contributed by atoms with Crippen LogP contribution in [0.15, 0.2) is 0 Å². The molecule has 1 aromatic rings. The maximum Gasteiger partial charge on any atom is 0.358 e. The maximum atomic E-state index is 11.6. The Bertz CT molecular complexity index is 342. The molecule has 0 aliphatic heterocycles. The highest BCUT2D eigenvalue weighted by Crippen LogP contribution is 2.15.